The number of hydrogen-bond donors (Lipinski definition) is 1. The second-order valence-electron chi connectivity index (χ2n) is 5.02. The van der Waals surface area contributed by atoms with Gasteiger partial charge in [-0.25, -0.2) is 0 Å². The molecule has 4 heteroatoms. The number of hydrogen-bond acceptors (Lipinski definition) is 3. The molecule has 0 saturated carbocycles. The Hall–Kier alpha value is -1.42. The average Bonchev–Trinajstić information content (AvgIpc) is 2.28. The third-order valence-electron chi connectivity index (χ3n) is 2.78. The van der Waals surface area contributed by atoms with E-state index in [2.05, 4.69) is 4.98 Å². The van der Waals surface area contributed by atoms with Gasteiger partial charge in [0.15, 0.2) is 0 Å². The van der Waals surface area contributed by atoms with E-state index in [1.54, 1.807) is 11.9 Å². The molecule has 1 rings (SSSR count). The minimum atomic E-state index is -0.515. The molecule has 94 valence electrons. The van der Waals surface area contributed by atoms with E-state index in [0.717, 1.165) is 11.4 Å². The van der Waals surface area contributed by atoms with Crippen LogP contribution in [0.25, 0.3) is 0 Å². The van der Waals surface area contributed by atoms with Gasteiger partial charge in [0.1, 0.15) is 0 Å². The standard InChI is InChI=1S/C13H21N3O/c1-10-6-5-7-11(15-10)8-16(4)12(17)13(2,3)9-14/h5-7H,8-9,14H2,1-4H3. The van der Waals surface area contributed by atoms with Crippen LogP contribution in [0.4, 0.5) is 0 Å². The third-order valence-corrected chi connectivity index (χ3v) is 2.78. The molecule has 0 aliphatic rings. The Morgan fingerprint density at radius 2 is 2.12 bits per heavy atom. The molecule has 0 atom stereocenters. The molecule has 1 heterocycles. The molecule has 0 fully saturated rings. The van der Waals surface area contributed by atoms with Crippen molar-refractivity contribution in [2.24, 2.45) is 11.1 Å². The van der Waals surface area contributed by atoms with Gasteiger partial charge in [-0.15, -0.1) is 0 Å². The van der Waals surface area contributed by atoms with E-state index in [4.69, 9.17) is 5.73 Å². The van der Waals surface area contributed by atoms with Crippen molar-refractivity contribution in [1.29, 1.82) is 0 Å². The maximum absolute atomic E-state index is 12.1. The van der Waals surface area contributed by atoms with E-state index in [-0.39, 0.29) is 5.91 Å². The molecule has 4 nitrogen and oxygen atoms in total. The lowest BCUT2D eigenvalue weighted by molar-refractivity contribution is -0.139. The van der Waals surface area contributed by atoms with Crippen molar-refractivity contribution >= 4 is 5.91 Å². The summed E-state index contributed by atoms with van der Waals surface area (Å²) in [5.41, 5.74) is 6.94. The zero-order chi connectivity index (χ0) is 13.1. The Bertz CT molecular complexity index is 401. The Morgan fingerprint density at radius 3 is 2.65 bits per heavy atom. The third kappa shape index (κ3) is 3.53. The van der Waals surface area contributed by atoms with Crippen molar-refractivity contribution in [1.82, 2.24) is 9.88 Å². The molecule has 0 spiro atoms. The van der Waals surface area contributed by atoms with Gasteiger partial charge in [-0.3, -0.25) is 9.78 Å². The van der Waals surface area contributed by atoms with E-state index < -0.39 is 5.41 Å². The van der Waals surface area contributed by atoms with Crippen LogP contribution in [0, 0.1) is 12.3 Å². The summed E-state index contributed by atoms with van der Waals surface area (Å²) in [6, 6.07) is 5.81. The van der Waals surface area contributed by atoms with Crippen LogP contribution in [0.1, 0.15) is 25.2 Å². The first-order valence-electron chi connectivity index (χ1n) is 5.75. The van der Waals surface area contributed by atoms with Gasteiger partial charge in [0.2, 0.25) is 5.91 Å². The highest BCUT2D eigenvalue weighted by molar-refractivity contribution is 5.81. The Kier molecular flexibility index (Phi) is 4.23. The molecule has 1 amide bonds. The Balaban J connectivity index is 2.73. The van der Waals surface area contributed by atoms with Crippen molar-refractivity contribution in [2.45, 2.75) is 27.3 Å². The number of pyridine rings is 1. The summed E-state index contributed by atoms with van der Waals surface area (Å²) in [4.78, 5) is 18.2. The molecule has 0 aliphatic heterocycles. The SMILES string of the molecule is Cc1cccc(CN(C)C(=O)C(C)(C)CN)n1. The number of aromatic nitrogens is 1. The van der Waals surface area contributed by atoms with Gasteiger partial charge in [0.05, 0.1) is 17.7 Å². The van der Waals surface area contributed by atoms with Gasteiger partial charge in [-0.2, -0.15) is 0 Å². The van der Waals surface area contributed by atoms with Crippen LogP contribution in [-0.4, -0.2) is 29.4 Å². The fourth-order valence-electron chi connectivity index (χ4n) is 1.61. The lowest BCUT2D eigenvalue weighted by Crippen LogP contribution is -2.42. The van der Waals surface area contributed by atoms with Crippen molar-refractivity contribution in [3.05, 3.63) is 29.6 Å². The number of aryl methyl sites for hydroxylation is 1. The molecular formula is C13H21N3O. The number of nitrogens with two attached hydrogens (primary N) is 1. The maximum Gasteiger partial charge on any atom is 0.229 e. The van der Waals surface area contributed by atoms with E-state index in [0.29, 0.717) is 13.1 Å². The minimum Gasteiger partial charge on any atom is -0.339 e. The highest BCUT2D eigenvalue weighted by Crippen LogP contribution is 2.17. The van der Waals surface area contributed by atoms with Crippen LogP contribution in [0.15, 0.2) is 18.2 Å². The molecule has 1 aromatic heterocycles. The van der Waals surface area contributed by atoms with Gasteiger partial charge < -0.3 is 10.6 Å². The molecule has 0 radical (unpaired) electrons. The summed E-state index contributed by atoms with van der Waals surface area (Å²) in [6.07, 6.45) is 0. The van der Waals surface area contributed by atoms with Crippen molar-refractivity contribution < 1.29 is 4.79 Å². The van der Waals surface area contributed by atoms with Crippen molar-refractivity contribution in [2.75, 3.05) is 13.6 Å². The van der Waals surface area contributed by atoms with Gasteiger partial charge >= 0.3 is 0 Å². The number of carbonyl (C=O) groups excluding carboxylic acids is 1. The summed E-state index contributed by atoms with van der Waals surface area (Å²) in [6.45, 7) is 6.52. The van der Waals surface area contributed by atoms with Crippen LogP contribution in [0.5, 0.6) is 0 Å². The molecule has 0 aromatic carbocycles. The van der Waals surface area contributed by atoms with Crippen molar-refractivity contribution in [3.8, 4) is 0 Å². The summed E-state index contributed by atoms with van der Waals surface area (Å²) in [7, 11) is 1.78. The highest BCUT2D eigenvalue weighted by atomic mass is 16.2. The van der Waals surface area contributed by atoms with Gasteiger partial charge in [-0.05, 0) is 32.9 Å². The van der Waals surface area contributed by atoms with Crippen LogP contribution >= 0.6 is 0 Å². The second-order valence-corrected chi connectivity index (χ2v) is 5.02. The Labute approximate surface area is 103 Å². The molecule has 17 heavy (non-hydrogen) atoms. The molecular weight excluding hydrogens is 214 g/mol. The van der Waals surface area contributed by atoms with Crippen LogP contribution in [0.2, 0.25) is 0 Å². The maximum atomic E-state index is 12.1. The highest BCUT2D eigenvalue weighted by Gasteiger charge is 2.28. The fourth-order valence-corrected chi connectivity index (χ4v) is 1.61. The predicted octanol–water partition coefficient (Wildman–Crippen LogP) is 1.33. The fraction of sp³-hybridized carbons (Fsp3) is 0.538. The second kappa shape index (κ2) is 5.27. The quantitative estimate of drug-likeness (QED) is 0.856. The summed E-state index contributed by atoms with van der Waals surface area (Å²) in [5, 5.41) is 0. The molecule has 0 bridgehead atoms. The largest absolute Gasteiger partial charge is 0.339 e. The average molecular weight is 235 g/mol. The van der Waals surface area contributed by atoms with Gasteiger partial charge in [0, 0.05) is 19.3 Å². The molecule has 0 unspecified atom stereocenters. The lowest BCUT2D eigenvalue weighted by atomic mass is 9.92. The normalized spacial score (nSPS) is 11.4. The first-order chi connectivity index (χ1) is 7.86. The number of nitrogens with zero attached hydrogens (tertiary/aromatic N) is 2. The van der Waals surface area contributed by atoms with E-state index in [1.807, 2.05) is 39.0 Å². The first-order valence-corrected chi connectivity index (χ1v) is 5.75. The van der Waals surface area contributed by atoms with E-state index >= 15 is 0 Å². The van der Waals surface area contributed by atoms with Gasteiger partial charge in [-0.1, -0.05) is 6.07 Å². The number of rotatable bonds is 4. The molecule has 0 saturated heterocycles. The van der Waals surface area contributed by atoms with E-state index in [1.165, 1.54) is 0 Å². The van der Waals surface area contributed by atoms with Crippen molar-refractivity contribution in [3.63, 3.8) is 0 Å². The topological polar surface area (TPSA) is 59.2 Å². The van der Waals surface area contributed by atoms with Crippen LogP contribution < -0.4 is 5.73 Å². The summed E-state index contributed by atoms with van der Waals surface area (Å²) in [5.74, 6) is 0.0447. The monoisotopic (exact) mass is 235 g/mol. The number of amides is 1. The minimum absolute atomic E-state index is 0.0447. The molecule has 1 aromatic rings. The predicted molar refractivity (Wildman–Crippen MR) is 68.3 cm³/mol. The van der Waals surface area contributed by atoms with Crippen LogP contribution in [0.3, 0.4) is 0 Å². The summed E-state index contributed by atoms with van der Waals surface area (Å²) >= 11 is 0. The van der Waals surface area contributed by atoms with Gasteiger partial charge in [0.25, 0.3) is 0 Å². The Morgan fingerprint density at radius 1 is 1.47 bits per heavy atom. The smallest absolute Gasteiger partial charge is 0.229 e. The number of carbonyl (C=O) groups is 1. The molecule has 2 N–H and O–H groups in total. The van der Waals surface area contributed by atoms with Crippen LogP contribution in [-0.2, 0) is 11.3 Å². The zero-order valence-corrected chi connectivity index (χ0v) is 11.0. The first kappa shape index (κ1) is 13.6. The zero-order valence-electron chi connectivity index (χ0n) is 11.0. The summed E-state index contributed by atoms with van der Waals surface area (Å²) < 4.78 is 0. The molecule has 0 aliphatic carbocycles. The lowest BCUT2D eigenvalue weighted by Gasteiger charge is -2.27. The van der Waals surface area contributed by atoms with E-state index in [9.17, 15) is 4.79 Å².